The van der Waals surface area contributed by atoms with Crippen molar-refractivity contribution in [2.24, 2.45) is 0 Å². The number of esters is 3. The van der Waals surface area contributed by atoms with E-state index in [4.69, 9.17) is 28.4 Å². The Kier molecular flexibility index (Phi) is 28.2. The van der Waals surface area contributed by atoms with Crippen LogP contribution in [-0.2, 0) is 65.1 Å². The van der Waals surface area contributed by atoms with Gasteiger partial charge in [0.25, 0.3) is 0 Å². The average Bonchev–Trinajstić information content (AvgIpc) is 1.55. The van der Waals surface area contributed by atoms with Crippen molar-refractivity contribution < 1.29 is 274 Å². The van der Waals surface area contributed by atoms with Gasteiger partial charge in [-0.3, -0.25) is 0 Å². The maximum absolute atomic E-state index is 11.9. The maximum Gasteiger partial charge on any atom is 1.00 e. The fraction of sp³-hybridized carbons (Fsp3) is 0.311. The van der Waals surface area contributed by atoms with Gasteiger partial charge in [-0.1, -0.05) is 91.5 Å². The third-order valence-electron chi connectivity index (χ3n) is 18.4. The average molecular weight is 1470 g/mol. The van der Waals surface area contributed by atoms with Crippen LogP contribution in [0.5, 0.6) is 17.2 Å². The molecule has 3 atom stereocenters. The molecule has 0 aliphatic carbocycles. The molecular formula is C74H77K4N3O15S2+2. The van der Waals surface area contributed by atoms with Crippen molar-refractivity contribution in [2.75, 3.05) is 54.2 Å². The summed E-state index contributed by atoms with van der Waals surface area (Å²) in [6.07, 6.45) is 11.6. The first-order valence-corrected chi connectivity index (χ1v) is 33.5. The second-order valence-electron chi connectivity index (χ2n) is 25.9. The van der Waals surface area contributed by atoms with Crippen molar-refractivity contribution in [1.29, 1.82) is 0 Å². The molecule has 0 aromatic heterocycles. The van der Waals surface area contributed by atoms with Gasteiger partial charge in [0.15, 0.2) is 0 Å². The van der Waals surface area contributed by atoms with E-state index in [9.17, 15) is 40.3 Å². The number of ether oxygens (including phenoxy) is 6. The van der Waals surface area contributed by atoms with Crippen LogP contribution >= 0.6 is 0 Å². The number of aryl methyl sites for hydroxylation is 2. The van der Waals surface area contributed by atoms with Crippen LogP contribution in [0.2, 0.25) is 0 Å². The summed E-state index contributed by atoms with van der Waals surface area (Å²) in [5.74, 6) is 0.505. The van der Waals surface area contributed by atoms with E-state index in [1.807, 2.05) is 78.6 Å². The van der Waals surface area contributed by atoms with Gasteiger partial charge in [0.1, 0.15) is 57.3 Å². The van der Waals surface area contributed by atoms with Crippen molar-refractivity contribution in [3.8, 4) is 17.2 Å². The second kappa shape index (κ2) is 32.8. The van der Waals surface area contributed by atoms with Crippen LogP contribution in [0.1, 0.15) is 107 Å². The van der Waals surface area contributed by atoms with Crippen LogP contribution in [-0.4, -0.2) is 100 Å². The van der Waals surface area contributed by atoms with E-state index >= 15 is 0 Å². The summed E-state index contributed by atoms with van der Waals surface area (Å²) in [5.41, 5.74) is 7.94. The van der Waals surface area contributed by atoms with Crippen LogP contribution in [0.4, 0.5) is 17.1 Å². The third kappa shape index (κ3) is 16.2. The molecule has 6 heterocycles. The van der Waals surface area contributed by atoms with Gasteiger partial charge < -0.3 is 52.2 Å². The minimum Gasteiger partial charge on any atom is -0.744 e. The van der Waals surface area contributed by atoms with Crippen molar-refractivity contribution in [3.63, 3.8) is 0 Å². The van der Waals surface area contributed by atoms with E-state index in [0.29, 0.717) is 59.0 Å². The fourth-order valence-electron chi connectivity index (χ4n) is 13.2. The molecule has 98 heavy (non-hydrogen) atoms. The van der Waals surface area contributed by atoms with E-state index < -0.39 is 60.2 Å². The molecule has 24 heteroatoms. The van der Waals surface area contributed by atoms with Crippen LogP contribution in [0.15, 0.2) is 186 Å². The first-order valence-electron chi connectivity index (χ1n) is 30.7. The molecule has 0 radical (unpaired) electrons. The van der Waals surface area contributed by atoms with Gasteiger partial charge in [-0.05, 0) is 190 Å². The Hall–Kier alpha value is -2.66. The van der Waals surface area contributed by atoms with Gasteiger partial charge in [-0.2, -0.15) is 0 Å². The molecule has 6 aliphatic rings. The Labute approximate surface area is 746 Å². The van der Waals surface area contributed by atoms with Crippen molar-refractivity contribution in [3.05, 3.63) is 221 Å². The number of benzene rings is 6. The van der Waals surface area contributed by atoms with E-state index in [1.54, 1.807) is 32.9 Å². The molecule has 6 aromatic carbocycles. The first-order chi connectivity index (χ1) is 44.1. The standard InChI is InChI=1S/C25H27NO6S.C25H27NO3.C24H25NO6S.4K/c1-16(2)23(27)31-13-12-26-21-8-6-17(3)14-20(21)24(4,5)25(26)11-10-18-15-19(33(28,29)30)7-9-22(18)32-25;1-17(2)23(27)28-15-14-26-21-11-10-18(3)16-20(21)24(4,5)25(26)13-12-19-8-6-7-9-22(19)29-25;1-16(2)22(26)30-14-13-25-20-8-6-5-7-19(20)23(3,4)24(25)12-11-17-15-18(32(27,28)29)9-10-21(17)31-24;;;;/h6-11,14-15H,1,12-13H2,2-5H3,(H,28,29,30);6-13,16H,1,14-15H2,2-5H3;5-12,15H,1,13-14H2,2-4H3,(H,27,28,29);;;;/q;;;4*+1/p-2/t2*25-;24-;;;;/m111..../s1. The monoisotopic (exact) mass is 1470 g/mol. The molecule has 18 nitrogen and oxygen atoms in total. The SMILES string of the molecule is C=C(C)C(=O)OCCN1c2ccc(C)cc2C(C)(C)[C@]12C=Cc1cc(S(=O)(=O)[O-])ccc1O2.C=C(C)C(=O)OCCN1c2ccc(C)cc2C(C)(C)[C@]12C=Cc1ccccc1O2.C=C(C)C(=O)OCCN1c2ccccc2C(C)(C)[C@]12C=Cc1cc(S(=O)(=O)[O-])ccc1O2.[K+].[K+].[K+].[K+]. The van der Waals surface area contributed by atoms with Crippen LogP contribution < -0.4 is 234 Å². The Balaban J connectivity index is 0.000000228. The van der Waals surface area contributed by atoms with Gasteiger partial charge in [-0.25, -0.2) is 31.2 Å². The van der Waals surface area contributed by atoms with Crippen LogP contribution in [0.3, 0.4) is 0 Å². The predicted octanol–water partition coefficient (Wildman–Crippen LogP) is 0.558. The van der Waals surface area contributed by atoms with E-state index in [-0.39, 0.29) is 247 Å². The maximum atomic E-state index is 11.9. The molecule has 6 aliphatic heterocycles. The summed E-state index contributed by atoms with van der Waals surface area (Å²) in [6, 6.07) is 36.8. The molecule has 3 spiro atoms. The van der Waals surface area contributed by atoms with Crippen LogP contribution in [0, 0.1) is 13.8 Å². The van der Waals surface area contributed by atoms with E-state index in [0.717, 1.165) is 45.1 Å². The summed E-state index contributed by atoms with van der Waals surface area (Å²) in [5, 5.41) is 0. The fourth-order valence-corrected chi connectivity index (χ4v) is 14.2. The smallest absolute Gasteiger partial charge is 0.744 e. The number of fused-ring (bicyclic) bond motifs is 6. The summed E-state index contributed by atoms with van der Waals surface area (Å²) >= 11 is 0. The summed E-state index contributed by atoms with van der Waals surface area (Å²) < 4.78 is 105. The van der Waals surface area contributed by atoms with Gasteiger partial charge in [0.2, 0.25) is 17.2 Å². The Morgan fingerprint density at radius 1 is 0.429 bits per heavy atom. The summed E-state index contributed by atoms with van der Waals surface area (Å²) in [4.78, 5) is 41.4. The molecule has 0 amide bonds. The zero-order chi connectivity index (χ0) is 68.3. The topological polar surface area (TPSA) is 231 Å². The summed E-state index contributed by atoms with van der Waals surface area (Å²) in [6.45, 7) is 34.4. The van der Waals surface area contributed by atoms with Crippen LogP contribution in [0.25, 0.3) is 18.2 Å². The number of carbonyl (C=O) groups is 3. The Morgan fingerprint density at radius 3 is 1.11 bits per heavy atom. The number of hydrogen-bond acceptors (Lipinski definition) is 18. The second-order valence-corrected chi connectivity index (χ2v) is 28.6. The van der Waals surface area contributed by atoms with Crippen molar-refractivity contribution >= 4 is 73.4 Å². The van der Waals surface area contributed by atoms with Crippen molar-refractivity contribution in [1.82, 2.24) is 0 Å². The molecule has 12 rings (SSSR count). The van der Waals surface area contributed by atoms with E-state index in [1.165, 1.54) is 47.5 Å². The molecule has 0 fully saturated rings. The predicted molar refractivity (Wildman–Crippen MR) is 360 cm³/mol. The van der Waals surface area contributed by atoms with Gasteiger partial charge in [-0.15, -0.1) is 0 Å². The largest absolute Gasteiger partial charge is 1.00 e. The third-order valence-corrected chi connectivity index (χ3v) is 20.1. The zero-order valence-corrected chi connectivity index (χ0v) is 72.8. The quantitative estimate of drug-likeness (QED) is 0.0477. The molecule has 0 N–H and O–H groups in total. The van der Waals surface area contributed by atoms with Crippen molar-refractivity contribution in [2.45, 2.75) is 119 Å². The molecule has 0 bridgehead atoms. The Morgan fingerprint density at radius 2 is 0.745 bits per heavy atom. The number of carbonyl (C=O) groups excluding carboxylic acids is 3. The number of nitrogens with zero attached hydrogens (tertiary/aromatic N) is 3. The van der Waals surface area contributed by atoms with Gasteiger partial charge in [0, 0.05) is 50.5 Å². The van der Waals surface area contributed by atoms with E-state index in [2.05, 4.69) is 120 Å². The molecule has 492 valence electrons. The minimum absolute atomic E-state index is 0. The number of rotatable bonds is 14. The Bertz CT molecular complexity index is 4470. The minimum atomic E-state index is -4.58. The molecule has 0 saturated carbocycles. The number of para-hydroxylation sites is 2. The zero-order valence-electron chi connectivity index (χ0n) is 58.7. The van der Waals surface area contributed by atoms with Gasteiger partial charge >= 0.3 is 223 Å². The van der Waals surface area contributed by atoms with Gasteiger partial charge in [0.05, 0.1) is 45.7 Å². The normalized spacial score (nSPS) is 19.6. The number of hydrogen-bond donors (Lipinski definition) is 0. The molecule has 0 unspecified atom stereocenters. The number of anilines is 3. The summed E-state index contributed by atoms with van der Waals surface area (Å²) in [7, 11) is -9.15. The molecule has 6 aromatic rings. The molecular weight excluding hydrogens is 1390 g/mol. The molecule has 0 saturated heterocycles. The first kappa shape index (κ1) is 84.3.